The van der Waals surface area contributed by atoms with Gasteiger partial charge in [0.1, 0.15) is 0 Å². The molecule has 1 saturated heterocycles. The van der Waals surface area contributed by atoms with E-state index in [1.165, 1.54) is 0 Å². The summed E-state index contributed by atoms with van der Waals surface area (Å²) >= 11 is 0. The fraction of sp³-hybridized carbons (Fsp3) is 0.0323. The van der Waals surface area contributed by atoms with Gasteiger partial charge in [-0.2, -0.15) is 0 Å². The van der Waals surface area contributed by atoms with E-state index in [-0.39, 0.29) is 0 Å². The van der Waals surface area contributed by atoms with Crippen molar-refractivity contribution in [3.05, 3.63) is 255 Å². The smallest absolute Gasteiger partial charge is 0.391 e. The van der Waals surface area contributed by atoms with Crippen molar-refractivity contribution < 1.29 is 16.5 Å². The maximum absolute atomic E-state index is 8.57. The molecule has 2 spiro atoms. The van der Waals surface area contributed by atoms with Crippen LogP contribution in [0.2, 0.25) is 13.1 Å². The third-order valence-corrected chi connectivity index (χ3v) is 32.7. The van der Waals surface area contributed by atoms with Crippen LogP contribution in [-0.2, 0) is 16.5 Å². The van der Waals surface area contributed by atoms with Crippen molar-refractivity contribution in [2.75, 3.05) is 0 Å². The molecule has 0 unspecified atom stereocenters. The Morgan fingerprint density at radius 3 is 0.857 bits per heavy atom. The first-order valence-electron chi connectivity index (χ1n) is 24.1. The SMILES string of the molecule is C[Si]1(c2ccccc2)O[Si]2(O[Si](C)(c3ccccc3)O[Si]3(O1)c1ccccc1-c1cc(-c4ccccc4)cc(-c4ccccc4)c13)c1ccccc1-c1cc(-c3ccccc3)cc(-c3ccccc3)c12. The van der Waals surface area contributed by atoms with Gasteiger partial charge >= 0.3 is 34.2 Å². The molecule has 0 bridgehead atoms. The Morgan fingerprint density at radius 1 is 0.243 bits per heavy atom. The van der Waals surface area contributed by atoms with E-state index in [1.807, 2.05) is 0 Å². The Bertz CT molecular complexity index is 3330. The first-order valence-corrected chi connectivity index (χ1v) is 32.3. The highest BCUT2D eigenvalue weighted by molar-refractivity contribution is 7.14. The van der Waals surface area contributed by atoms with Gasteiger partial charge in [0.25, 0.3) is 0 Å². The second kappa shape index (κ2) is 16.8. The summed E-state index contributed by atoms with van der Waals surface area (Å²) in [7, 11) is -15.3. The largest absolute Gasteiger partial charge is 0.405 e. The van der Waals surface area contributed by atoms with E-state index in [0.717, 1.165) is 97.9 Å². The fourth-order valence-corrected chi connectivity index (χ4v) is 33.7. The normalized spacial score (nSPS) is 21.9. The van der Waals surface area contributed by atoms with Gasteiger partial charge in [0.2, 0.25) is 0 Å². The van der Waals surface area contributed by atoms with Gasteiger partial charge in [0, 0.05) is 20.7 Å². The molecule has 70 heavy (non-hydrogen) atoms. The molecule has 10 aromatic rings. The molecule has 3 heterocycles. The van der Waals surface area contributed by atoms with Gasteiger partial charge in [-0.3, -0.25) is 0 Å². The van der Waals surface area contributed by atoms with Crippen LogP contribution in [0, 0.1) is 0 Å². The minimum absolute atomic E-state index is 1.02. The van der Waals surface area contributed by atoms with Crippen LogP contribution in [0.1, 0.15) is 0 Å². The molecule has 0 aliphatic carbocycles. The zero-order chi connectivity index (χ0) is 46.9. The molecule has 0 radical (unpaired) electrons. The zero-order valence-corrected chi connectivity index (χ0v) is 42.9. The number of benzene rings is 10. The molecule has 0 atom stereocenters. The van der Waals surface area contributed by atoms with Crippen molar-refractivity contribution in [2.45, 2.75) is 13.1 Å². The van der Waals surface area contributed by atoms with Crippen LogP contribution in [-0.4, -0.2) is 34.2 Å². The molecular weight excluding hydrogens is 921 g/mol. The molecule has 13 rings (SSSR count). The standard InChI is InChI=1S/C62H48O4Si4/c1-67(51-33-17-7-18-34-51)63-69(59-39-23-21-37-53(59)57-43-49(45-25-9-3-10-26-45)41-55(61(57)69)47-29-13-5-14-30-47)65-68(2,52-35-19-8-20-36-52)66-70(64-67)60-40-24-22-38-54(60)58-44-50(46-27-11-4-12-28-46)42-56(62(58)70)48-31-15-6-16-32-48/h3-44H,1-2H3. The lowest BCUT2D eigenvalue weighted by atomic mass is 9.93. The van der Waals surface area contributed by atoms with Crippen molar-refractivity contribution in [3.63, 3.8) is 0 Å². The molecule has 3 aliphatic heterocycles. The van der Waals surface area contributed by atoms with Crippen LogP contribution in [0.4, 0.5) is 0 Å². The van der Waals surface area contributed by atoms with E-state index in [0.29, 0.717) is 0 Å². The first-order chi connectivity index (χ1) is 34.4. The van der Waals surface area contributed by atoms with E-state index in [4.69, 9.17) is 16.5 Å². The number of rotatable bonds is 6. The highest BCUT2D eigenvalue weighted by Crippen LogP contribution is 2.45. The molecule has 8 heteroatoms. The van der Waals surface area contributed by atoms with Crippen LogP contribution >= 0.6 is 0 Å². The van der Waals surface area contributed by atoms with Gasteiger partial charge < -0.3 is 16.5 Å². The topological polar surface area (TPSA) is 36.9 Å². The van der Waals surface area contributed by atoms with Crippen LogP contribution in [0.5, 0.6) is 0 Å². The van der Waals surface area contributed by atoms with Crippen molar-refractivity contribution >= 4 is 65.4 Å². The Morgan fingerprint density at radius 2 is 0.514 bits per heavy atom. The second-order valence-electron chi connectivity index (χ2n) is 18.7. The molecule has 336 valence electrons. The van der Waals surface area contributed by atoms with E-state index in [2.05, 4.69) is 268 Å². The van der Waals surface area contributed by atoms with Crippen molar-refractivity contribution in [3.8, 4) is 66.8 Å². The minimum Gasteiger partial charge on any atom is -0.405 e. The Hall–Kier alpha value is -7.09. The lowest BCUT2D eigenvalue weighted by molar-refractivity contribution is 0.262. The van der Waals surface area contributed by atoms with Crippen LogP contribution in [0.15, 0.2) is 255 Å². The van der Waals surface area contributed by atoms with Gasteiger partial charge in [-0.25, -0.2) is 0 Å². The highest BCUT2D eigenvalue weighted by atomic mass is 28.5. The predicted octanol–water partition coefficient (Wildman–Crippen LogP) is 11.2. The van der Waals surface area contributed by atoms with Crippen molar-refractivity contribution in [2.24, 2.45) is 0 Å². The van der Waals surface area contributed by atoms with E-state index in [1.54, 1.807) is 0 Å². The summed E-state index contributed by atoms with van der Waals surface area (Å²) in [5, 5.41) is 6.38. The van der Waals surface area contributed by atoms with Crippen molar-refractivity contribution in [1.82, 2.24) is 0 Å². The summed E-state index contributed by atoms with van der Waals surface area (Å²) in [5.41, 5.74) is 13.5. The quantitative estimate of drug-likeness (QED) is 0.156. The lowest BCUT2D eigenvalue weighted by Crippen LogP contribution is -2.82. The Kier molecular flexibility index (Phi) is 10.3. The molecule has 3 aliphatic rings. The minimum atomic E-state index is -3.92. The summed E-state index contributed by atoms with van der Waals surface area (Å²) in [4.78, 5) is 0. The summed E-state index contributed by atoms with van der Waals surface area (Å²) in [6.45, 7) is 4.51. The number of fused-ring (bicyclic) bond motifs is 10. The second-order valence-corrected chi connectivity index (χ2v) is 31.5. The lowest BCUT2D eigenvalue weighted by Gasteiger charge is -2.51. The fourth-order valence-electron chi connectivity index (χ4n) is 11.3. The highest BCUT2D eigenvalue weighted by Gasteiger charge is 2.68. The Balaban J connectivity index is 1.15. The average molecular weight is 969 g/mol. The van der Waals surface area contributed by atoms with Gasteiger partial charge in [-0.15, -0.1) is 0 Å². The van der Waals surface area contributed by atoms with Gasteiger partial charge in [-0.1, -0.05) is 231 Å². The summed E-state index contributed by atoms with van der Waals surface area (Å²) < 4.78 is 34.3. The van der Waals surface area contributed by atoms with E-state index >= 15 is 0 Å². The van der Waals surface area contributed by atoms with Gasteiger partial charge in [0.15, 0.2) is 0 Å². The number of hydrogen-bond donors (Lipinski definition) is 0. The molecule has 10 aromatic carbocycles. The van der Waals surface area contributed by atoms with Gasteiger partial charge in [-0.05, 0) is 114 Å². The maximum Gasteiger partial charge on any atom is 0.391 e. The molecule has 1 fully saturated rings. The predicted molar refractivity (Wildman–Crippen MR) is 295 cm³/mol. The summed E-state index contributed by atoms with van der Waals surface area (Å²) in [5.74, 6) is 0. The van der Waals surface area contributed by atoms with E-state index in [9.17, 15) is 0 Å². The first kappa shape index (κ1) is 43.0. The molecule has 0 aromatic heterocycles. The Labute approximate surface area is 414 Å². The van der Waals surface area contributed by atoms with Crippen LogP contribution in [0.3, 0.4) is 0 Å². The third-order valence-electron chi connectivity index (χ3n) is 14.4. The summed E-state index contributed by atoms with van der Waals surface area (Å²) in [6.07, 6.45) is 0. The van der Waals surface area contributed by atoms with Crippen LogP contribution < -0.4 is 31.1 Å². The monoisotopic (exact) mass is 968 g/mol. The average Bonchev–Trinajstić information content (AvgIpc) is 3.84. The molecule has 0 saturated carbocycles. The zero-order valence-electron chi connectivity index (χ0n) is 38.9. The number of hydrogen-bond acceptors (Lipinski definition) is 4. The molecule has 0 amide bonds. The van der Waals surface area contributed by atoms with Crippen LogP contribution in [0.25, 0.3) is 66.8 Å². The summed E-state index contributed by atoms with van der Waals surface area (Å²) in [6, 6.07) is 91.4. The maximum atomic E-state index is 8.57. The molecule has 4 nitrogen and oxygen atoms in total. The third kappa shape index (κ3) is 6.83. The van der Waals surface area contributed by atoms with E-state index < -0.39 is 34.2 Å². The molecular formula is C62H48O4Si4. The van der Waals surface area contributed by atoms with Crippen molar-refractivity contribution in [1.29, 1.82) is 0 Å². The molecule has 0 N–H and O–H groups in total. The van der Waals surface area contributed by atoms with Gasteiger partial charge in [0.05, 0.1) is 0 Å².